The summed E-state index contributed by atoms with van der Waals surface area (Å²) in [5.41, 5.74) is 7.97. The lowest BCUT2D eigenvalue weighted by molar-refractivity contribution is 0.391. The molecular weight excluding hydrogens is 408 g/mol. The molecule has 0 spiro atoms. The normalized spacial score (nSPS) is 18.7. The smallest absolute Gasteiger partial charge is 0.194 e. The molecule has 1 aliphatic heterocycles. The van der Waals surface area contributed by atoms with Gasteiger partial charge in [-0.25, -0.2) is 0 Å². The number of benzene rings is 2. The first kappa shape index (κ1) is 20.4. The predicted molar refractivity (Wildman–Crippen MR) is 117 cm³/mol. The summed E-state index contributed by atoms with van der Waals surface area (Å²) >= 11 is 1.62. The van der Waals surface area contributed by atoms with E-state index in [1.54, 1.807) is 44.2 Å². The molecule has 0 saturated heterocycles. The monoisotopic (exact) mass is 426 g/mol. The molecule has 152 valence electrons. The number of fused-ring (bicyclic) bond motifs is 2. The van der Waals surface area contributed by atoms with Gasteiger partial charge in [0.2, 0.25) is 0 Å². The predicted octanol–water partition coefficient (Wildman–Crippen LogP) is 4.13. The number of hydrogen-bond acceptors (Lipinski definition) is 7. The fourth-order valence-corrected chi connectivity index (χ4v) is 5.43. The number of allylic oxidation sites excluding steroid dienone is 3. The minimum atomic E-state index is -1.73. The molecule has 1 unspecified atom stereocenters. The molecule has 4 rings (SSSR count). The molecule has 0 saturated carbocycles. The van der Waals surface area contributed by atoms with Gasteiger partial charge in [0.15, 0.2) is 5.41 Å². The highest BCUT2D eigenvalue weighted by molar-refractivity contribution is 7.99. The van der Waals surface area contributed by atoms with Crippen molar-refractivity contribution in [2.45, 2.75) is 10.8 Å². The van der Waals surface area contributed by atoms with Crippen molar-refractivity contribution >= 4 is 17.3 Å². The molecule has 2 N–H and O–H groups in total. The second-order valence-corrected chi connectivity index (χ2v) is 8.21. The third kappa shape index (κ3) is 2.93. The number of methoxy groups -OCH3 is 2. The first-order valence-electron chi connectivity index (χ1n) is 9.46. The molecule has 0 aromatic heterocycles. The van der Waals surface area contributed by atoms with Crippen LogP contribution < -0.4 is 15.2 Å². The van der Waals surface area contributed by atoms with Crippen LogP contribution in [0.4, 0.5) is 0 Å². The van der Waals surface area contributed by atoms with E-state index in [2.05, 4.69) is 18.2 Å². The second kappa shape index (κ2) is 7.76. The van der Waals surface area contributed by atoms with E-state index in [4.69, 9.17) is 15.2 Å². The Morgan fingerprint density at radius 1 is 1.03 bits per heavy atom. The molecule has 2 aromatic rings. The maximum atomic E-state index is 10.2. The van der Waals surface area contributed by atoms with Crippen LogP contribution in [-0.2, 0) is 0 Å². The van der Waals surface area contributed by atoms with Crippen molar-refractivity contribution in [2.24, 2.45) is 11.1 Å². The van der Waals surface area contributed by atoms with Crippen molar-refractivity contribution in [1.29, 1.82) is 15.8 Å². The van der Waals surface area contributed by atoms with Crippen molar-refractivity contribution in [2.75, 3.05) is 20.0 Å². The van der Waals surface area contributed by atoms with E-state index in [-0.39, 0.29) is 11.3 Å². The van der Waals surface area contributed by atoms with Crippen LogP contribution in [-0.4, -0.2) is 20.0 Å². The molecule has 2 aliphatic rings. The fourth-order valence-electron chi connectivity index (χ4n) is 4.31. The molecule has 0 fully saturated rings. The standard InChI is InChI=1S/C24H18N4O2S/c1-29-15-7-14(8-16(9-15)30-2)22-19-11-31-20-6-4-3-5-17(20)21(19)18(10-25)23(28)24(22,12-26)13-27/h3-9,22H,11,28H2,1-2H3. The minimum absolute atomic E-state index is 0.0211. The van der Waals surface area contributed by atoms with Crippen LogP contribution in [0.1, 0.15) is 17.0 Å². The molecular formula is C24H18N4O2S. The van der Waals surface area contributed by atoms with Crippen LogP contribution in [0.5, 0.6) is 11.5 Å². The van der Waals surface area contributed by atoms with Crippen LogP contribution in [0, 0.1) is 39.4 Å². The largest absolute Gasteiger partial charge is 0.497 e. The molecule has 0 amide bonds. The van der Waals surface area contributed by atoms with Gasteiger partial charge in [-0.05, 0) is 34.9 Å². The van der Waals surface area contributed by atoms with Crippen molar-refractivity contribution in [1.82, 2.24) is 0 Å². The molecule has 2 aromatic carbocycles. The number of hydrogen-bond donors (Lipinski definition) is 1. The van der Waals surface area contributed by atoms with E-state index in [1.165, 1.54) is 0 Å². The van der Waals surface area contributed by atoms with E-state index in [0.717, 1.165) is 16.0 Å². The zero-order valence-electron chi connectivity index (χ0n) is 17.0. The second-order valence-electron chi connectivity index (χ2n) is 7.20. The molecule has 0 radical (unpaired) electrons. The van der Waals surface area contributed by atoms with Crippen molar-refractivity contribution in [3.63, 3.8) is 0 Å². The number of ether oxygens (including phenoxy) is 2. The Morgan fingerprint density at radius 2 is 1.68 bits per heavy atom. The van der Waals surface area contributed by atoms with Crippen LogP contribution >= 0.6 is 11.8 Å². The number of nitriles is 3. The van der Waals surface area contributed by atoms with Gasteiger partial charge < -0.3 is 15.2 Å². The summed E-state index contributed by atoms with van der Waals surface area (Å²) in [5, 5.41) is 30.4. The Bertz CT molecular complexity index is 1240. The quantitative estimate of drug-likeness (QED) is 0.784. The van der Waals surface area contributed by atoms with Crippen LogP contribution in [0.3, 0.4) is 0 Å². The van der Waals surface area contributed by atoms with E-state index in [0.29, 0.717) is 28.4 Å². The average molecular weight is 427 g/mol. The molecule has 6 nitrogen and oxygen atoms in total. The number of rotatable bonds is 3. The summed E-state index contributed by atoms with van der Waals surface area (Å²) in [6, 6.07) is 19.5. The SMILES string of the molecule is COc1cc(OC)cc(C2C3=C(C(C#N)=C(N)C2(C#N)C#N)c2ccccc2SC3)c1. The van der Waals surface area contributed by atoms with E-state index in [9.17, 15) is 15.8 Å². The number of nitrogens with two attached hydrogens (primary N) is 1. The molecule has 1 heterocycles. The lowest BCUT2D eigenvalue weighted by Gasteiger charge is -2.40. The van der Waals surface area contributed by atoms with Gasteiger partial charge in [0, 0.05) is 28.2 Å². The highest BCUT2D eigenvalue weighted by Gasteiger charge is 2.52. The molecule has 0 bridgehead atoms. The summed E-state index contributed by atoms with van der Waals surface area (Å²) in [4.78, 5) is 1.03. The maximum absolute atomic E-state index is 10.2. The Labute approximate surface area is 184 Å². The third-order valence-electron chi connectivity index (χ3n) is 5.76. The van der Waals surface area contributed by atoms with Gasteiger partial charge >= 0.3 is 0 Å². The van der Waals surface area contributed by atoms with E-state index in [1.807, 2.05) is 24.3 Å². The third-order valence-corrected chi connectivity index (χ3v) is 6.88. The van der Waals surface area contributed by atoms with Gasteiger partial charge in [-0.3, -0.25) is 0 Å². The summed E-state index contributed by atoms with van der Waals surface area (Å²) in [6.45, 7) is 0. The average Bonchev–Trinajstić information content (AvgIpc) is 2.82. The molecule has 31 heavy (non-hydrogen) atoms. The summed E-state index contributed by atoms with van der Waals surface area (Å²) in [5.74, 6) is 0.928. The van der Waals surface area contributed by atoms with Crippen LogP contribution in [0.15, 0.2) is 64.2 Å². The Morgan fingerprint density at radius 3 is 2.26 bits per heavy atom. The zero-order valence-corrected chi connectivity index (χ0v) is 17.8. The van der Waals surface area contributed by atoms with Crippen LogP contribution in [0.25, 0.3) is 5.57 Å². The van der Waals surface area contributed by atoms with Crippen molar-refractivity contribution in [3.8, 4) is 29.7 Å². The number of thioether (sulfide) groups is 1. The molecule has 7 heteroatoms. The zero-order chi connectivity index (χ0) is 22.2. The minimum Gasteiger partial charge on any atom is -0.497 e. The maximum Gasteiger partial charge on any atom is 0.194 e. The van der Waals surface area contributed by atoms with E-state index >= 15 is 0 Å². The Kier molecular flexibility index (Phi) is 5.11. The highest BCUT2D eigenvalue weighted by Crippen LogP contribution is 2.57. The van der Waals surface area contributed by atoms with E-state index < -0.39 is 11.3 Å². The lowest BCUT2D eigenvalue weighted by Crippen LogP contribution is -2.39. The van der Waals surface area contributed by atoms with Gasteiger partial charge in [-0.2, -0.15) is 15.8 Å². The Balaban J connectivity index is 2.10. The molecule has 1 aliphatic carbocycles. The summed E-state index contributed by atoms with van der Waals surface area (Å²) in [7, 11) is 3.08. The van der Waals surface area contributed by atoms with Gasteiger partial charge in [0.05, 0.1) is 37.6 Å². The molecule has 1 atom stereocenters. The van der Waals surface area contributed by atoms with Gasteiger partial charge in [-0.15, -0.1) is 11.8 Å². The number of nitrogens with zero attached hydrogens (tertiary/aromatic N) is 3. The first-order valence-corrected chi connectivity index (χ1v) is 10.4. The van der Waals surface area contributed by atoms with Gasteiger partial charge in [-0.1, -0.05) is 18.2 Å². The van der Waals surface area contributed by atoms with Crippen molar-refractivity contribution in [3.05, 3.63) is 70.4 Å². The topological polar surface area (TPSA) is 116 Å². The van der Waals surface area contributed by atoms with Gasteiger partial charge in [0.1, 0.15) is 17.6 Å². The fraction of sp³-hybridized carbons (Fsp3) is 0.208. The first-order chi connectivity index (χ1) is 15.0. The summed E-state index contributed by atoms with van der Waals surface area (Å²) < 4.78 is 10.8. The van der Waals surface area contributed by atoms with Crippen LogP contribution in [0.2, 0.25) is 0 Å². The highest BCUT2D eigenvalue weighted by atomic mass is 32.2. The van der Waals surface area contributed by atoms with Crippen molar-refractivity contribution < 1.29 is 9.47 Å². The Hall–Kier alpha value is -3.86. The summed E-state index contributed by atoms with van der Waals surface area (Å²) in [6.07, 6.45) is 0. The lowest BCUT2D eigenvalue weighted by atomic mass is 9.62. The van der Waals surface area contributed by atoms with Gasteiger partial charge in [0.25, 0.3) is 0 Å².